The number of carbonyl (C=O) groups is 1. The summed E-state index contributed by atoms with van der Waals surface area (Å²) in [6, 6.07) is 14.2. The normalized spacial score (nSPS) is 17.1. The predicted octanol–water partition coefficient (Wildman–Crippen LogP) is 2.01. The Hall–Kier alpha value is -3.06. The largest absolute Gasteiger partial charge is 0.337 e. The van der Waals surface area contributed by atoms with Crippen LogP contribution >= 0.6 is 0 Å². The van der Waals surface area contributed by atoms with Crippen molar-refractivity contribution in [1.29, 1.82) is 0 Å². The van der Waals surface area contributed by atoms with Gasteiger partial charge in [0.15, 0.2) is 0 Å². The van der Waals surface area contributed by atoms with E-state index in [1.807, 2.05) is 18.0 Å². The lowest BCUT2D eigenvalue weighted by Crippen LogP contribution is -2.39. The zero-order chi connectivity index (χ0) is 18.6. The molecule has 7 heteroatoms. The van der Waals surface area contributed by atoms with Gasteiger partial charge in [0.05, 0.1) is 0 Å². The molecule has 1 saturated heterocycles. The number of nitrogens with zero attached hydrogens (tertiary/aromatic N) is 6. The van der Waals surface area contributed by atoms with Crippen molar-refractivity contribution in [2.75, 3.05) is 20.1 Å². The molecule has 0 saturated carbocycles. The highest BCUT2D eigenvalue weighted by Crippen LogP contribution is 2.19. The third-order valence-electron chi connectivity index (χ3n) is 5.04. The number of amides is 1. The van der Waals surface area contributed by atoms with Crippen LogP contribution in [-0.2, 0) is 6.54 Å². The molecule has 1 aromatic carbocycles. The molecular formula is C20H22N6O. The fraction of sp³-hybridized carbons (Fsp3) is 0.300. The molecular weight excluding hydrogens is 340 g/mol. The minimum atomic E-state index is 0.0123. The van der Waals surface area contributed by atoms with Crippen LogP contribution in [0.25, 0.3) is 5.82 Å². The molecule has 7 nitrogen and oxygen atoms in total. The Labute approximate surface area is 158 Å². The Morgan fingerprint density at radius 3 is 2.74 bits per heavy atom. The summed E-state index contributed by atoms with van der Waals surface area (Å²) in [6.07, 6.45) is 5.77. The molecule has 3 heterocycles. The lowest BCUT2D eigenvalue weighted by atomic mass is 10.1. The maximum Gasteiger partial charge on any atom is 0.254 e. The first-order valence-electron chi connectivity index (χ1n) is 9.05. The first-order valence-corrected chi connectivity index (χ1v) is 9.05. The highest BCUT2D eigenvalue weighted by molar-refractivity contribution is 5.94. The highest BCUT2D eigenvalue weighted by atomic mass is 16.2. The van der Waals surface area contributed by atoms with E-state index in [0.29, 0.717) is 11.4 Å². The topological polar surface area (TPSA) is 67.2 Å². The molecule has 0 radical (unpaired) electrons. The van der Waals surface area contributed by atoms with Crippen molar-refractivity contribution in [2.45, 2.75) is 19.0 Å². The van der Waals surface area contributed by atoms with Gasteiger partial charge in [-0.25, -0.2) is 4.98 Å². The summed E-state index contributed by atoms with van der Waals surface area (Å²) in [4.78, 5) is 21.5. The first-order chi connectivity index (χ1) is 13.2. The van der Waals surface area contributed by atoms with E-state index in [1.54, 1.807) is 35.6 Å². The average molecular weight is 362 g/mol. The van der Waals surface area contributed by atoms with Crippen molar-refractivity contribution in [3.05, 3.63) is 72.4 Å². The maximum atomic E-state index is 13.0. The number of aromatic nitrogens is 4. The van der Waals surface area contributed by atoms with Gasteiger partial charge in [-0.15, -0.1) is 10.2 Å². The summed E-state index contributed by atoms with van der Waals surface area (Å²) < 4.78 is 1.69. The molecule has 0 bridgehead atoms. The van der Waals surface area contributed by atoms with Crippen LogP contribution in [0.4, 0.5) is 0 Å². The lowest BCUT2D eigenvalue weighted by molar-refractivity contribution is 0.0734. The smallest absolute Gasteiger partial charge is 0.254 e. The van der Waals surface area contributed by atoms with E-state index in [4.69, 9.17) is 0 Å². The number of hydrogen-bond acceptors (Lipinski definition) is 5. The molecule has 3 aromatic rings. The summed E-state index contributed by atoms with van der Waals surface area (Å²) in [5, 5.41) is 7.57. The number of benzene rings is 1. The third kappa shape index (κ3) is 3.88. The van der Waals surface area contributed by atoms with Gasteiger partial charge >= 0.3 is 0 Å². The number of rotatable bonds is 5. The van der Waals surface area contributed by atoms with Crippen LogP contribution in [0, 0.1) is 0 Å². The Morgan fingerprint density at radius 2 is 1.96 bits per heavy atom. The number of pyridine rings is 1. The molecule has 138 valence electrons. The molecule has 1 aliphatic rings. The van der Waals surface area contributed by atoms with E-state index in [-0.39, 0.29) is 11.9 Å². The van der Waals surface area contributed by atoms with Gasteiger partial charge in [-0.2, -0.15) is 0 Å². The van der Waals surface area contributed by atoms with Crippen molar-refractivity contribution in [1.82, 2.24) is 29.5 Å². The molecule has 1 aliphatic heterocycles. The predicted molar refractivity (Wildman–Crippen MR) is 101 cm³/mol. The minimum absolute atomic E-state index is 0.0123. The molecule has 0 unspecified atom stereocenters. The second-order valence-corrected chi connectivity index (χ2v) is 6.85. The van der Waals surface area contributed by atoms with E-state index in [1.165, 1.54) is 5.56 Å². The van der Waals surface area contributed by atoms with Crippen LogP contribution in [0.15, 0.2) is 61.3 Å². The van der Waals surface area contributed by atoms with Gasteiger partial charge in [0.25, 0.3) is 5.91 Å². The van der Waals surface area contributed by atoms with Gasteiger partial charge < -0.3 is 4.90 Å². The van der Waals surface area contributed by atoms with E-state index in [2.05, 4.69) is 44.3 Å². The number of carbonyl (C=O) groups excluding carboxylic acids is 1. The second kappa shape index (κ2) is 7.67. The number of hydrogen-bond donors (Lipinski definition) is 0. The zero-order valence-electron chi connectivity index (χ0n) is 15.3. The number of likely N-dealkylation sites (N-methyl/N-ethyl adjacent to an activating group) is 1. The maximum absolute atomic E-state index is 13.0. The van der Waals surface area contributed by atoms with E-state index >= 15 is 0 Å². The molecule has 4 rings (SSSR count). The number of likely N-dealkylation sites (tertiary alicyclic amines) is 1. The Kier molecular flexibility index (Phi) is 4.93. The van der Waals surface area contributed by atoms with Gasteiger partial charge in [-0.3, -0.25) is 14.3 Å². The van der Waals surface area contributed by atoms with Crippen LogP contribution in [-0.4, -0.2) is 61.6 Å². The van der Waals surface area contributed by atoms with E-state index in [0.717, 1.165) is 26.1 Å². The van der Waals surface area contributed by atoms with Gasteiger partial charge in [0.2, 0.25) is 0 Å². The van der Waals surface area contributed by atoms with Crippen molar-refractivity contribution in [3.63, 3.8) is 0 Å². The second-order valence-electron chi connectivity index (χ2n) is 6.85. The standard InChI is InChI=1S/C20H22N6O/c1-24(18-8-10-25(13-18)12-16-5-3-2-4-6-16)20(27)17-7-9-21-19(11-17)26-14-22-23-15-26/h2-7,9,11,14-15,18H,8,10,12-13H2,1H3/t18-/m0/s1. The van der Waals surface area contributed by atoms with Crippen LogP contribution in [0.3, 0.4) is 0 Å². The van der Waals surface area contributed by atoms with Crippen molar-refractivity contribution < 1.29 is 4.79 Å². The molecule has 2 aromatic heterocycles. The molecule has 0 spiro atoms. The average Bonchev–Trinajstić information content (AvgIpc) is 3.40. The minimum Gasteiger partial charge on any atom is -0.337 e. The van der Waals surface area contributed by atoms with Crippen molar-refractivity contribution in [2.24, 2.45) is 0 Å². The molecule has 1 amide bonds. The van der Waals surface area contributed by atoms with Gasteiger partial charge in [-0.05, 0) is 24.1 Å². The summed E-state index contributed by atoms with van der Waals surface area (Å²) in [5.41, 5.74) is 1.93. The van der Waals surface area contributed by atoms with Crippen LogP contribution < -0.4 is 0 Å². The lowest BCUT2D eigenvalue weighted by Gasteiger charge is -2.25. The summed E-state index contributed by atoms with van der Waals surface area (Å²) in [6.45, 7) is 2.81. The Balaban J connectivity index is 1.42. The molecule has 1 fully saturated rings. The fourth-order valence-corrected chi connectivity index (χ4v) is 3.49. The van der Waals surface area contributed by atoms with Gasteiger partial charge in [0, 0.05) is 44.5 Å². The third-order valence-corrected chi connectivity index (χ3v) is 5.04. The van der Waals surface area contributed by atoms with E-state index in [9.17, 15) is 4.79 Å². The summed E-state index contributed by atoms with van der Waals surface area (Å²) in [7, 11) is 1.89. The van der Waals surface area contributed by atoms with Crippen LogP contribution in [0.2, 0.25) is 0 Å². The Bertz CT molecular complexity index is 896. The van der Waals surface area contributed by atoms with Crippen molar-refractivity contribution in [3.8, 4) is 5.82 Å². The first kappa shape index (κ1) is 17.4. The van der Waals surface area contributed by atoms with Crippen molar-refractivity contribution >= 4 is 5.91 Å². The molecule has 0 aliphatic carbocycles. The Morgan fingerprint density at radius 1 is 1.19 bits per heavy atom. The monoisotopic (exact) mass is 362 g/mol. The zero-order valence-corrected chi connectivity index (χ0v) is 15.3. The SMILES string of the molecule is CN(C(=O)c1ccnc(-n2cnnc2)c1)[C@H]1CCN(Cc2ccccc2)C1. The fourth-order valence-electron chi connectivity index (χ4n) is 3.49. The van der Waals surface area contributed by atoms with Crippen LogP contribution in [0.5, 0.6) is 0 Å². The summed E-state index contributed by atoms with van der Waals surface area (Å²) in [5.74, 6) is 0.648. The van der Waals surface area contributed by atoms with Gasteiger partial charge in [0.1, 0.15) is 18.5 Å². The molecule has 27 heavy (non-hydrogen) atoms. The molecule has 0 N–H and O–H groups in total. The highest BCUT2D eigenvalue weighted by Gasteiger charge is 2.29. The van der Waals surface area contributed by atoms with Crippen LogP contribution in [0.1, 0.15) is 22.3 Å². The molecule has 1 atom stereocenters. The van der Waals surface area contributed by atoms with E-state index < -0.39 is 0 Å². The van der Waals surface area contributed by atoms with Gasteiger partial charge in [-0.1, -0.05) is 30.3 Å². The quantitative estimate of drug-likeness (QED) is 0.695. The summed E-state index contributed by atoms with van der Waals surface area (Å²) >= 11 is 0.